The van der Waals surface area contributed by atoms with E-state index in [1.807, 2.05) is 0 Å². The summed E-state index contributed by atoms with van der Waals surface area (Å²) in [6.45, 7) is 0. The molecule has 0 N–H and O–H groups in total. The summed E-state index contributed by atoms with van der Waals surface area (Å²) in [4.78, 5) is 0. The van der Waals surface area contributed by atoms with Crippen molar-refractivity contribution < 1.29 is 0 Å². The summed E-state index contributed by atoms with van der Waals surface area (Å²) in [5, 5.41) is 7.85. The summed E-state index contributed by atoms with van der Waals surface area (Å²) in [6, 6.07) is 37.4. The van der Waals surface area contributed by atoms with Crippen LogP contribution in [0.25, 0.3) is 60.1 Å². The molecule has 2 nitrogen and oxygen atoms in total. The minimum Gasteiger partial charge on any atom is -0.344 e. The zero-order chi connectivity index (χ0) is 20.5. The third-order valence-electron chi connectivity index (χ3n) is 6.70. The minimum absolute atomic E-state index is 1.19. The first-order valence-corrected chi connectivity index (χ1v) is 10.7. The number of aromatic nitrogens is 2. The molecule has 0 bridgehead atoms. The van der Waals surface area contributed by atoms with E-state index in [1.165, 1.54) is 60.1 Å². The highest BCUT2D eigenvalue weighted by Crippen LogP contribution is 2.39. The van der Waals surface area contributed by atoms with E-state index in [4.69, 9.17) is 0 Å². The molecule has 0 spiro atoms. The monoisotopic (exact) mass is 396 g/mol. The average molecular weight is 396 g/mol. The lowest BCUT2D eigenvalue weighted by molar-refractivity contribution is 1.01. The van der Waals surface area contributed by atoms with Crippen LogP contribution in [-0.2, 0) is 7.05 Å². The van der Waals surface area contributed by atoms with Gasteiger partial charge in [0.15, 0.2) is 0 Å². The van der Waals surface area contributed by atoms with Gasteiger partial charge in [0, 0.05) is 39.8 Å². The quantitative estimate of drug-likeness (QED) is 0.271. The maximum atomic E-state index is 2.40. The molecule has 0 atom stereocenters. The van der Waals surface area contributed by atoms with E-state index in [2.05, 4.69) is 119 Å². The summed E-state index contributed by atoms with van der Waals surface area (Å²) in [5.41, 5.74) is 6.22. The van der Waals surface area contributed by atoms with Crippen molar-refractivity contribution in [3.63, 3.8) is 0 Å². The predicted octanol–water partition coefficient (Wildman–Crippen LogP) is 7.58. The molecule has 146 valence electrons. The van der Waals surface area contributed by atoms with E-state index in [0.717, 1.165) is 0 Å². The zero-order valence-corrected chi connectivity index (χ0v) is 17.2. The Kier molecular flexibility index (Phi) is 3.23. The van der Waals surface area contributed by atoms with E-state index in [-0.39, 0.29) is 0 Å². The molecule has 7 aromatic rings. The number of nitrogens with zero attached hydrogens (tertiary/aromatic N) is 2. The SMILES string of the molecule is Cn1c2cc3c(cc2c2c4ccccc4ccc21)c1ccccc1n3-c1ccccc1. The lowest BCUT2D eigenvalue weighted by Crippen LogP contribution is -1.93. The van der Waals surface area contributed by atoms with Crippen LogP contribution in [0.1, 0.15) is 0 Å². The molecular weight excluding hydrogens is 376 g/mol. The maximum Gasteiger partial charge on any atom is 0.0562 e. The van der Waals surface area contributed by atoms with Crippen LogP contribution in [0.15, 0.2) is 103 Å². The Morgan fingerprint density at radius 2 is 1.23 bits per heavy atom. The molecule has 2 heteroatoms. The highest BCUT2D eigenvalue weighted by molar-refractivity contribution is 6.24. The lowest BCUT2D eigenvalue weighted by Gasteiger charge is -2.08. The Morgan fingerprint density at radius 3 is 2.10 bits per heavy atom. The second-order valence-electron chi connectivity index (χ2n) is 8.31. The van der Waals surface area contributed by atoms with Crippen LogP contribution in [0.2, 0.25) is 0 Å². The van der Waals surface area contributed by atoms with Crippen LogP contribution in [-0.4, -0.2) is 9.13 Å². The van der Waals surface area contributed by atoms with Crippen molar-refractivity contribution >= 4 is 54.4 Å². The Labute approximate surface area is 179 Å². The second-order valence-corrected chi connectivity index (χ2v) is 8.31. The van der Waals surface area contributed by atoms with E-state index >= 15 is 0 Å². The van der Waals surface area contributed by atoms with Crippen molar-refractivity contribution in [3.8, 4) is 5.69 Å². The molecular formula is C29H20N2. The van der Waals surface area contributed by atoms with Gasteiger partial charge in [0.2, 0.25) is 0 Å². The topological polar surface area (TPSA) is 9.86 Å². The highest BCUT2D eigenvalue weighted by Gasteiger charge is 2.17. The van der Waals surface area contributed by atoms with Gasteiger partial charge in [-0.2, -0.15) is 0 Å². The summed E-state index contributed by atoms with van der Waals surface area (Å²) in [5.74, 6) is 0. The van der Waals surface area contributed by atoms with Crippen molar-refractivity contribution in [3.05, 3.63) is 103 Å². The molecule has 2 aromatic heterocycles. The molecule has 0 saturated heterocycles. The summed E-state index contributed by atoms with van der Waals surface area (Å²) >= 11 is 0. The summed E-state index contributed by atoms with van der Waals surface area (Å²) in [6.07, 6.45) is 0. The van der Waals surface area contributed by atoms with Crippen LogP contribution in [0, 0.1) is 0 Å². The second kappa shape index (κ2) is 5.99. The Balaban J connectivity index is 1.73. The Hall–Kier alpha value is -4.04. The van der Waals surface area contributed by atoms with E-state index in [1.54, 1.807) is 0 Å². The van der Waals surface area contributed by atoms with Crippen LogP contribution in [0.3, 0.4) is 0 Å². The van der Waals surface area contributed by atoms with Crippen LogP contribution in [0.5, 0.6) is 0 Å². The fraction of sp³-hybridized carbons (Fsp3) is 0.0345. The van der Waals surface area contributed by atoms with Crippen molar-refractivity contribution in [1.82, 2.24) is 9.13 Å². The zero-order valence-electron chi connectivity index (χ0n) is 17.2. The molecule has 0 saturated carbocycles. The van der Waals surface area contributed by atoms with Crippen LogP contribution in [0.4, 0.5) is 0 Å². The molecule has 0 unspecified atom stereocenters. The first-order valence-electron chi connectivity index (χ1n) is 10.7. The number of benzene rings is 5. The first kappa shape index (κ1) is 16.7. The fourth-order valence-corrected chi connectivity index (χ4v) is 5.29. The number of fused-ring (bicyclic) bond motifs is 8. The summed E-state index contributed by atoms with van der Waals surface area (Å²) in [7, 11) is 2.18. The lowest BCUT2D eigenvalue weighted by atomic mass is 10.0. The van der Waals surface area contributed by atoms with Gasteiger partial charge in [0.05, 0.1) is 16.6 Å². The molecule has 0 amide bonds. The molecule has 5 aromatic carbocycles. The number of rotatable bonds is 1. The van der Waals surface area contributed by atoms with E-state index in [9.17, 15) is 0 Å². The van der Waals surface area contributed by atoms with Gasteiger partial charge in [-0.25, -0.2) is 0 Å². The number of para-hydroxylation sites is 2. The van der Waals surface area contributed by atoms with E-state index < -0.39 is 0 Å². The molecule has 0 fully saturated rings. The molecule has 0 aliphatic heterocycles. The first-order chi connectivity index (χ1) is 15.3. The standard InChI is InChI=1S/C29H20N2/c1-30-26-16-15-19-9-5-6-12-21(19)29(26)24-17-23-22-13-7-8-14-25(22)31(28(23)18-27(24)30)20-10-3-2-4-11-20/h2-18H,1H3. The molecule has 2 heterocycles. The smallest absolute Gasteiger partial charge is 0.0562 e. The number of hydrogen-bond donors (Lipinski definition) is 0. The van der Waals surface area contributed by atoms with E-state index in [0.29, 0.717) is 0 Å². The normalized spacial score (nSPS) is 12.0. The van der Waals surface area contributed by atoms with Gasteiger partial charge in [-0.05, 0) is 47.2 Å². The molecule has 31 heavy (non-hydrogen) atoms. The van der Waals surface area contributed by atoms with Crippen LogP contribution >= 0.6 is 0 Å². The molecule has 0 aliphatic carbocycles. The Morgan fingerprint density at radius 1 is 0.484 bits per heavy atom. The van der Waals surface area contributed by atoms with Crippen molar-refractivity contribution in [2.45, 2.75) is 0 Å². The van der Waals surface area contributed by atoms with Gasteiger partial charge >= 0.3 is 0 Å². The largest absolute Gasteiger partial charge is 0.344 e. The third-order valence-corrected chi connectivity index (χ3v) is 6.70. The number of hydrogen-bond acceptors (Lipinski definition) is 0. The average Bonchev–Trinajstić information content (AvgIpc) is 3.30. The maximum absolute atomic E-state index is 2.40. The van der Waals surface area contributed by atoms with Gasteiger partial charge in [0.25, 0.3) is 0 Å². The van der Waals surface area contributed by atoms with Gasteiger partial charge in [-0.1, -0.05) is 66.7 Å². The van der Waals surface area contributed by atoms with Gasteiger partial charge in [0.1, 0.15) is 0 Å². The number of aryl methyl sites for hydroxylation is 1. The molecule has 7 rings (SSSR count). The van der Waals surface area contributed by atoms with Gasteiger partial charge < -0.3 is 9.13 Å². The highest BCUT2D eigenvalue weighted by atomic mass is 15.0. The summed E-state index contributed by atoms with van der Waals surface area (Å²) < 4.78 is 4.73. The van der Waals surface area contributed by atoms with Crippen LogP contribution < -0.4 is 0 Å². The third kappa shape index (κ3) is 2.17. The molecule has 0 aliphatic rings. The van der Waals surface area contributed by atoms with Gasteiger partial charge in [-0.3, -0.25) is 0 Å². The van der Waals surface area contributed by atoms with Crippen molar-refractivity contribution in [2.24, 2.45) is 7.05 Å². The Bertz CT molecular complexity index is 1780. The van der Waals surface area contributed by atoms with Crippen molar-refractivity contribution in [1.29, 1.82) is 0 Å². The molecule has 0 radical (unpaired) electrons. The fourth-order valence-electron chi connectivity index (χ4n) is 5.29. The minimum atomic E-state index is 1.19. The van der Waals surface area contributed by atoms with Crippen molar-refractivity contribution in [2.75, 3.05) is 0 Å². The predicted molar refractivity (Wildman–Crippen MR) is 132 cm³/mol. The van der Waals surface area contributed by atoms with Gasteiger partial charge in [-0.15, -0.1) is 0 Å².